The number of carbonyl (C=O) groups excluding carboxylic acids is 1. The van der Waals surface area contributed by atoms with Crippen LogP contribution in [0.2, 0.25) is 0 Å². The van der Waals surface area contributed by atoms with Gasteiger partial charge in [-0.25, -0.2) is 0 Å². The maximum Gasteiger partial charge on any atom is 0.245 e. The molecule has 1 aliphatic rings. The molecule has 2 N–H and O–H groups in total. The third kappa shape index (κ3) is 2.42. The van der Waals surface area contributed by atoms with Gasteiger partial charge in [0.2, 0.25) is 5.91 Å². The first-order valence-electron chi connectivity index (χ1n) is 5.45. The molecule has 1 atom stereocenters. The van der Waals surface area contributed by atoms with E-state index in [1.54, 1.807) is 11.3 Å². The predicted molar refractivity (Wildman–Crippen MR) is 65.3 cm³/mol. The first-order valence-corrected chi connectivity index (χ1v) is 6.33. The molecule has 1 unspecified atom stereocenters. The van der Waals surface area contributed by atoms with Gasteiger partial charge in [-0.2, -0.15) is 0 Å². The maximum atomic E-state index is 12.1. The van der Waals surface area contributed by atoms with Crippen molar-refractivity contribution in [3.63, 3.8) is 0 Å². The van der Waals surface area contributed by atoms with Crippen molar-refractivity contribution in [2.24, 2.45) is 5.73 Å². The zero-order valence-electron chi connectivity index (χ0n) is 9.43. The van der Waals surface area contributed by atoms with Crippen molar-refractivity contribution in [3.05, 3.63) is 22.4 Å². The molecule has 1 saturated heterocycles. The average Bonchev–Trinajstić information content (AvgIpc) is 2.81. The molecular formula is C11H17N3OS. The van der Waals surface area contributed by atoms with Crippen molar-refractivity contribution >= 4 is 17.2 Å². The Hall–Kier alpha value is -0.910. The van der Waals surface area contributed by atoms with Gasteiger partial charge in [0, 0.05) is 31.1 Å². The van der Waals surface area contributed by atoms with E-state index in [1.807, 2.05) is 22.4 Å². The average molecular weight is 239 g/mol. The van der Waals surface area contributed by atoms with Gasteiger partial charge in [-0.1, -0.05) is 6.07 Å². The molecule has 0 aromatic carbocycles. The van der Waals surface area contributed by atoms with Crippen LogP contribution in [0.3, 0.4) is 0 Å². The summed E-state index contributed by atoms with van der Waals surface area (Å²) in [6.07, 6.45) is 0. The van der Waals surface area contributed by atoms with Crippen LogP contribution in [0.5, 0.6) is 0 Å². The molecule has 1 aromatic heterocycles. The summed E-state index contributed by atoms with van der Waals surface area (Å²) in [6.45, 7) is 3.44. The van der Waals surface area contributed by atoms with E-state index in [1.165, 1.54) is 0 Å². The SMILES string of the molecule is CN1CCN(C(=O)C(N)c2cccs2)CC1. The van der Waals surface area contributed by atoms with Gasteiger partial charge in [0.1, 0.15) is 6.04 Å². The number of nitrogens with zero attached hydrogens (tertiary/aromatic N) is 2. The van der Waals surface area contributed by atoms with Crippen LogP contribution in [0.15, 0.2) is 17.5 Å². The monoisotopic (exact) mass is 239 g/mol. The second kappa shape index (κ2) is 4.95. The number of piperazine rings is 1. The van der Waals surface area contributed by atoms with Gasteiger partial charge in [-0.3, -0.25) is 4.79 Å². The Balaban J connectivity index is 1.97. The topological polar surface area (TPSA) is 49.6 Å². The van der Waals surface area contributed by atoms with Gasteiger partial charge in [-0.05, 0) is 18.5 Å². The minimum atomic E-state index is -0.483. The van der Waals surface area contributed by atoms with Crippen LogP contribution in [-0.2, 0) is 4.79 Å². The highest BCUT2D eigenvalue weighted by Gasteiger charge is 2.25. The molecule has 1 aliphatic heterocycles. The highest BCUT2D eigenvalue weighted by Crippen LogP contribution is 2.19. The van der Waals surface area contributed by atoms with E-state index in [9.17, 15) is 4.79 Å². The third-order valence-electron chi connectivity index (χ3n) is 2.93. The van der Waals surface area contributed by atoms with Crippen molar-refractivity contribution in [1.82, 2.24) is 9.80 Å². The van der Waals surface area contributed by atoms with Gasteiger partial charge in [0.25, 0.3) is 0 Å². The summed E-state index contributed by atoms with van der Waals surface area (Å²) in [5, 5.41) is 1.95. The maximum absolute atomic E-state index is 12.1. The summed E-state index contributed by atoms with van der Waals surface area (Å²) < 4.78 is 0. The third-order valence-corrected chi connectivity index (χ3v) is 3.89. The molecule has 1 amide bonds. The molecule has 5 heteroatoms. The number of amides is 1. The fourth-order valence-electron chi connectivity index (χ4n) is 1.81. The Bertz CT molecular complexity index is 344. The zero-order chi connectivity index (χ0) is 11.5. The normalized spacial score (nSPS) is 19.8. The lowest BCUT2D eigenvalue weighted by atomic mass is 10.2. The van der Waals surface area contributed by atoms with Crippen molar-refractivity contribution in [3.8, 4) is 0 Å². The van der Waals surface area contributed by atoms with Crippen molar-refractivity contribution in [2.75, 3.05) is 33.2 Å². The van der Waals surface area contributed by atoms with Crippen LogP contribution < -0.4 is 5.73 Å². The number of hydrogen-bond acceptors (Lipinski definition) is 4. The number of likely N-dealkylation sites (N-methyl/N-ethyl adjacent to an activating group) is 1. The zero-order valence-corrected chi connectivity index (χ0v) is 10.2. The minimum absolute atomic E-state index is 0.0514. The van der Waals surface area contributed by atoms with E-state index in [0.29, 0.717) is 0 Å². The van der Waals surface area contributed by atoms with Crippen LogP contribution in [0, 0.1) is 0 Å². The fourth-order valence-corrected chi connectivity index (χ4v) is 2.53. The molecule has 0 spiro atoms. The van der Waals surface area contributed by atoms with E-state index in [0.717, 1.165) is 31.1 Å². The molecule has 1 aromatic rings. The number of nitrogens with two attached hydrogens (primary N) is 1. The van der Waals surface area contributed by atoms with E-state index in [4.69, 9.17) is 5.73 Å². The summed E-state index contributed by atoms with van der Waals surface area (Å²) in [6, 6.07) is 3.36. The molecule has 2 rings (SSSR count). The summed E-state index contributed by atoms with van der Waals surface area (Å²) in [5.74, 6) is 0.0514. The smallest absolute Gasteiger partial charge is 0.245 e. The van der Waals surface area contributed by atoms with Gasteiger partial charge in [-0.15, -0.1) is 11.3 Å². The molecule has 88 valence electrons. The number of thiophene rings is 1. The van der Waals surface area contributed by atoms with Crippen LogP contribution in [-0.4, -0.2) is 48.9 Å². The molecule has 0 aliphatic carbocycles. The standard InChI is InChI=1S/C11H17N3OS/c1-13-4-6-14(7-5-13)11(15)10(12)9-3-2-8-16-9/h2-3,8,10H,4-7,12H2,1H3. The Morgan fingerprint density at radius 2 is 2.12 bits per heavy atom. The Labute approximate surface area is 99.6 Å². The molecule has 0 saturated carbocycles. The predicted octanol–water partition coefficient (Wildman–Crippen LogP) is 0.522. The largest absolute Gasteiger partial charge is 0.338 e. The van der Waals surface area contributed by atoms with Gasteiger partial charge in [0.15, 0.2) is 0 Å². The van der Waals surface area contributed by atoms with Crippen molar-refractivity contribution in [2.45, 2.75) is 6.04 Å². The van der Waals surface area contributed by atoms with Crippen LogP contribution >= 0.6 is 11.3 Å². The van der Waals surface area contributed by atoms with E-state index >= 15 is 0 Å². The van der Waals surface area contributed by atoms with Crippen molar-refractivity contribution in [1.29, 1.82) is 0 Å². The van der Waals surface area contributed by atoms with Crippen LogP contribution in [0.25, 0.3) is 0 Å². The molecule has 4 nitrogen and oxygen atoms in total. The second-order valence-electron chi connectivity index (χ2n) is 4.12. The molecule has 0 radical (unpaired) electrons. The summed E-state index contributed by atoms with van der Waals surface area (Å²) >= 11 is 1.54. The molecule has 16 heavy (non-hydrogen) atoms. The number of hydrogen-bond donors (Lipinski definition) is 1. The molecule has 0 bridgehead atoms. The van der Waals surface area contributed by atoms with Gasteiger partial charge in [0.05, 0.1) is 0 Å². The van der Waals surface area contributed by atoms with Gasteiger partial charge < -0.3 is 15.5 Å². The fraction of sp³-hybridized carbons (Fsp3) is 0.545. The van der Waals surface area contributed by atoms with Crippen LogP contribution in [0.4, 0.5) is 0 Å². The van der Waals surface area contributed by atoms with Gasteiger partial charge >= 0.3 is 0 Å². The van der Waals surface area contributed by atoms with E-state index in [2.05, 4.69) is 11.9 Å². The highest BCUT2D eigenvalue weighted by molar-refractivity contribution is 7.10. The molecule has 2 heterocycles. The molecule has 1 fully saturated rings. The Kier molecular flexibility index (Phi) is 3.58. The second-order valence-corrected chi connectivity index (χ2v) is 5.10. The summed E-state index contributed by atoms with van der Waals surface area (Å²) in [5.41, 5.74) is 5.95. The Morgan fingerprint density at radius 1 is 1.44 bits per heavy atom. The van der Waals surface area contributed by atoms with E-state index in [-0.39, 0.29) is 5.91 Å². The number of rotatable bonds is 2. The lowest BCUT2D eigenvalue weighted by Crippen LogP contribution is -2.49. The van der Waals surface area contributed by atoms with E-state index < -0.39 is 6.04 Å². The van der Waals surface area contributed by atoms with Crippen LogP contribution in [0.1, 0.15) is 10.9 Å². The van der Waals surface area contributed by atoms with Crippen molar-refractivity contribution < 1.29 is 4.79 Å². The Morgan fingerprint density at radius 3 is 2.69 bits per heavy atom. The summed E-state index contributed by atoms with van der Waals surface area (Å²) in [4.78, 5) is 17.1. The number of carbonyl (C=O) groups is 1. The summed E-state index contributed by atoms with van der Waals surface area (Å²) in [7, 11) is 2.07. The lowest BCUT2D eigenvalue weighted by Gasteiger charge is -2.33. The highest BCUT2D eigenvalue weighted by atomic mass is 32.1. The first-order chi connectivity index (χ1) is 7.68. The first kappa shape index (κ1) is 11.6. The lowest BCUT2D eigenvalue weighted by molar-refractivity contribution is -0.134. The minimum Gasteiger partial charge on any atom is -0.338 e. The quantitative estimate of drug-likeness (QED) is 0.818. The molecular weight excluding hydrogens is 222 g/mol.